The average molecular weight is 418 g/mol. The molecule has 0 unspecified atom stereocenters. The summed E-state index contributed by atoms with van der Waals surface area (Å²) in [6.45, 7) is 2.69. The highest BCUT2D eigenvalue weighted by molar-refractivity contribution is 5.87. The highest BCUT2D eigenvalue weighted by atomic mass is 16.5. The predicted molar refractivity (Wildman–Crippen MR) is 126 cm³/mol. The highest BCUT2D eigenvalue weighted by Gasteiger charge is 2.03. The van der Waals surface area contributed by atoms with Crippen LogP contribution in [0.15, 0.2) is 30.4 Å². The third kappa shape index (κ3) is 13.3. The molecule has 0 saturated carbocycles. The van der Waals surface area contributed by atoms with Crippen molar-refractivity contribution in [1.29, 1.82) is 0 Å². The normalized spacial score (nSPS) is 11.1. The number of allylic oxidation sites excluding steroid dienone is 1. The minimum Gasteiger partial charge on any atom is -0.504 e. The Morgan fingerprint density at radius 2 is 1.50 bits per heavy atom. The van der Waals surface area contributed by atoms with Gasteiger partial charge in [0.15, 0.2) is 11.5 Å². The second-order valence-corrected chi connectivity index (χ2v) is 8.16. The Hall–Kier alpha value is -1.97. The Kier molecular flexibility index (Phi) is 15.5. The van der Waals surface area contributed by atoms with E-state index in [1.54, 1.807) is 24.3 Å². The summed E-state index contributed by atoms with van der Waals surface area (Å²) in [6, 6.07) is 5.08. The molecule has 4 nitrogen and oxygen atoms in total. The summed E-state index contributed by atoms with van der Waals surface area (Å²) in [5.74, 6) is 0.432. The number of unbranched alkanes of at least 4 members (excludes halogenated alkanes) is 13. The van der Waals surface area contributed by atoms with E-state index in [4.69, 9.17) is 4.74 Å². The molecule has 0 aliphatic carbocycles. The van der Waals surface area contributed by atoms with E-state index in [2.05, 4.69) is 12.2 Å². The Morgan fingerprint density at radius 3 is 2.07 bits per heavy atom. The van der Waals surface area contributed by atoms with Crippen LogP contribution in [0.2, 0.25) is 0 Å². The van der Waals surface area contributed by atoms with Gasteiger partial charge < -0.3 is 15.2 Å². The Labute approximate surface area is 184 Å². The van der Waals surface area contributed by atoms with Gasteiger partial charge in [0.2, 0.25) is 5.91 Å². The summed E-state index contributed by atoms with van der Waals surface area (Å²) in [4.78, 5) is 11.9. The quantitative estimate of drug-likeness (QED) is 0.199. The van der Waals surface area contributed by atoms with Crippen LogP contribution in [0.4, 0.5) is 0 Å². The molecular formula is C26H43NO3. The van der Waals surface area contributed by atoms with Crippen LogP contribution in [-0.4, -0.2) is 18.1 Å². The lowest BCUT2D eigenvalue weighted by Gasteiger charge is -2.07. The van der Waals surface area contributed by atoms with Gasteiger partial charge >= 0.3 is 0 Å². The SMILES string of the molecule is CCCCCCCCCCCCCCCC=CC(=O)NCc1ccc(O)c(OC)c1. The number of rotatable bonds is 18. The van der Waals surface area contributed by atoms with Crippen LogP contribution in [-0.2, 0) is 11.3 Å². The number of hydrogen-bond acceptors (Lipinski definition) is 3. The fourth-order valence-corrected chi connectivity index (χ4v) is 3.55. The lowest BCUT2D eigenvalue weighted by molar-refractivity contribution is -0.116. The highest BCUT2D eigenvalue weighted by Crippen LogP contribution is 2.26. The first-order valence-corrected chi connectivity index (χ1v) is 12.0. The van der Waals surface area contributed by atoms with E-state index >= 15 is 0 Å². The number of carbonyl (C=O) groups is 1. The number of carbonyl (C=O) groups excluding carboxylic acids is 1. The first kappa shape index (κ1) is 26.1. The molecule has 0 radical (unpaired) electrons. The van der Waals surface area contributed by atoms with Gasteiger partial charge in [-0.25, -0.2) is 0 Å². The van der Waals surface area contributed by atoms with Crippen LogP contribution in [0, 0.1) is 0 Å². The molecule has 0 aliphatic heterocycles. The molecule has 170 valence electrons. The molecule has 2 N–H and O–H groups in total. The van der Waals surface area contributed by atoms with Crippen molar-refractivity contribution in [3.8, 4) is 11.5 Å². The largest absolute Gasteiger partial charge is 0.504 e. The van der Waals surface area contributed by atoms with Crippen LogP contribution in [0.1, 0.15) is 102 Å². The van der Waals surface area contributed by atoms with Gasteiger partial charge in [-0.1, -0.05) is 96.1 Å². The van der Waals surface area contributed by atoms with E-state index in [1.807, 2.05) is 6.08 Å². The zero-order valence-electron chi connectivity index (χ0n) is 19.3. The van der Waals surface area contributed by atoms with E-state index in [0.29, 0.717) is 12.3 Å². The standard InChI is InChI=1S/C26H43NO3/c1-3-4-5-6-7-8-9-10-11-12-13-14-15-16-17-18-26(29)27-22-23-19-20-24(28)25(21-23)30-2/h17-21,28H,3-16,22H2,1-2H3,(H,27,29). The maximum absolute atomic E-state index is 11.9. The number of ether oxygens (including phenoxy) is 1. The van der Waals surface area contributed by atoms with Crippen molar-refractivity contribution in [2.45, 2.75) is 103 Å². The molecule has 1 amide bonds. The minimum absolute atomic E-state index is 0.0864. The fraction of sp³-hybridized carbons (Fsp3) is 0.654. The second-order valence-electron chi connectivity index (χ2n) is 8.16. The zero-order chi connectivity index (χ0) is 21.9. The number of methoxy groups -OCH3 is 1. The van der Waals surface area contributed by atoms with Gasteiger partial charge in [-0.3, -0.25) is 4.79 Å². The second kappa shape index (κ2) is 17.9. The molecule has 0 fully saturated rings. The molecule has 1 aromatic carbocycles. The third-order valence-electron chi connectivity index (χ3n) is 5.45. The molecule has 1 rings (SSSR count). The summed E-state index contributed by atoms with van der Waals surface area (Å²) in [5.41, 5.74) is 0.892. The maximum atomic E-state index is 11.9. The Morgan fingerprint density at radius 1 is 0.933 bits per heavy atom. The van der Waals surface area contributed by atoms with Gasteiger partial charge in [0, 0.05) is 6.54 Å². The minimum atomic E-state index is -0.0864. The van der Waals surface area contributed by atoms with E-state index in [9.17, 15) is 9.90 Å². The van der Waals surface area contributed by atoms with Crippen LogP contribution in [0.5, 0.6) is 11.5 Å². The van der Waals surface area contributed by atoms with Gasteiger partial charge in [0.1, 0.15) is 0 Å². The first-order chi connectivity index (χ1) is 14.7. The van der Waals surface area contributed by atoms with Crippen LogP contribution < -0.4 is 10.1 Å². The summed E-state index contributed by atoms with van der Waals surface area (Å²) in [5, 5.41) is 12.4. The summed E-state index contributed by atoms with van der Waals surface area (Å²) in [7, 11) is 1.51. The van der Waals surface area contributed by atoms with Gasteiger partial charge in [0.25, 0.3) is 0 Å². The number of phenols is 1. The van der Waals surface area contributed by atoms with Crippen molar-refractivity contribution in [3.63, 3.8) is 0 Å². The number of amides is 1. The Balaban J connectivity index is 1.94. The predicted octanol–water partition coefficient (Wildman–Crippen LogP) is 7.05. The summed E-state index contributed by atoms with van der Waals surface area (Å²) >= 11 is 0. The van der Waals surface area contributed by atoms with Crippen LogP contribution in [0.3, 0.4) is 0 Å². The van der Waals surface area contributed by atoms with Gasteiger partial charge in [-0.2, -0.15) is 0 Å². The van der Waals surface area contributed by atoms with Gasteiger partial charge in [-0.05, 0) is 36.6 Å². The fourth-order valence-electron chi connectivity index (χ4n) is 3.55. The van der Waals surface area contributed by atoms with Crippen molar-refractivity contribution in [2.24, 2.45) is 0 Å². The van der Waals surface area contributed by atoms with Crippen LogP contribution >= 0.6 is 0 Å². The summed E-state index contributed by atoms with van der Waals surface area (Å²) in [6.07, 6.45) is 22.2. The number of phenolic OH excluding ortho intramolecular Hbond substituents is 1. The van der Waals surface area contributed by atoms with Gasteiger partial charge in [0.05, 0.1) is 7.11 Å². The molecule has 4 heteroatoms. The number of aromatic hydroxyl groups is 1. The molecule has 0 spiro atoms. The van der Waals surface area contributed by atoms with Crippen molar-refractivity contribution in [3.05, 3.63) is 35.9 Å². The molecule has 30 heavy (non-hydrogen) atoms. The monoisotopic (exact) mass is 417 g/mol. The molecule has 1 aromatic rings. The average Bonchev–Trinajstić information content (AvgIpc) is 2.75. The lowest BCUT2D eigenvalue weighted by Crippen LogP contribution is -2.20. The Bertz CT molecular complexity index is 598. The molecular weight excluding hydrogens is 374 g/mol. The van der Waals surface area contributed by atoms with Crippen LogP contribution in [0.25, 0.3) is 0 Å². The molecule has 0 bridgehead atoms. The first-order valence-electron chi connectivity index (χ1n) is 12.0. The topological polar surface area (TPSA) is 58.6 Å². The van der Waals surface area contributed by atoms with Crippen molar-refractivity contribution >= 4 is 5.91 Å². The van der Waals surface area contributed by atoms with Crippen molar-refractivity contribution in [1.82, 2.24) is 5.32 Å². The smallest absolute Gasteiger partial charge is 0.243 e. The summed E-state index contributed by atoms with van der Waals surface area (Å²) < 4.78 is 5.08. The van der Waals surface area contributed by atoms with E-state index < -0.39 is 0 Å². The van der Waals surface area contributed by atoms with E-state index in [0.717, 1.165) is 18.4 Å². The molecule has 0 saturated heterocycles. The zero-order valence-corrected chi connectivity index (χ0v) is 19.3. The van der Waals surface area contributed by atoms with E-state index in [-0.39, 0.29) is 11.7 Å². The molecule has 0 aromatic heterocycles. The number of benzene rings is 1. The van der Waals surface area contributed by atoms with Gasteiger partial charge in [-0.15, -0.1) is 0 Å². The van der Waals surface area contributed by atoms with E-state index in [1.165, 1.54) is 84.2 Å². The van der Waals surface area contributed by atoms with Crippen molar-refractivity contribution in [2.75, 3.05) is 7.11 Å². The molecule has 0 heterocycles. The van der Waals surface area contributed by atoms with Crippen molar-refractivity contribution < 1.29 is 14.6 Å². The molecule has 0 aliphatic rings. The maximum Gasteiger partial charge on any atom is 0.243 e. The lowest BCUT2D eigenvalue weighted by atomic mass is 10.0. The number of nitrogens with one attached hydrogen (secondary N) is 1. The molecule has 0 atom stereocenters. The number of hydrogen-bond donors (Lipinski definition) is 2. The third-order valence-corrected chi connectivity index (χ3v) is 5.45.